The van der Waals surface area contributed by atoms with Crippen LogP contribution in [0.25, 0.3) is 0 Å². The van der Waals surface area contributed by atoms with Crippen molar-refractivity contribution < 1.29 is 18.3 Å². The predicted molar refractivity (Wildman–Crippen MR) is 105 cm³/mol. The van der Waals surface area contributed by atoms with E-state index in [9.17, 15) is 8.78 Å². The smallest absolute Gasteiger partial charge is 0.193 e. The van der Waals surface area contributed by atoms with Gasteiger partial charge in [-0.3, -0.25) is 4.99 Å². The van der Waals surface area contributed by atoms with Crippen LogP contribution in [0.5, 0.6) is 11.5 Å². The number of ether oxygens (including phenoxy) is 2. The largest absolute Gasteiger partial charge is 0.493 e. The lowest BCUT2D eigenvalue weighted by Crippen LogP contribution is -2.44. The van der Waals surface area contributed by atoms with E-state index in [1.807, 2.05) is 12.1 Å². The van der Waals surface area contributed by atoms with Crippen molar-refractivity contribution in [1.82, 2.24) is 10.2 Å². The predicted octanol–water partition coefficient (Wildman–Crippen LogP) is 3.16. The van der Waals surface area contributed by atoms with Gasteiger partial charge in [-0.1, -0.05) is 6.07 Å². The van der Waals surface area contributed by atoms with Crippen LogP contribution in [0.3, 0.4) is 0 Å². The molecule has 0 atom stereocenters. The summed E-state index contributed by atoms with van der Waals surface area (Å²) in [5, 5.41) is 3.21. The molecule has 5 nitrogen and oxygen atoms in total. The van der Waals surface area contributed by atoms with Crippen LogP contribution in [0.4, 0.5) is 8.78 Å². The highest BCUT2D eigenvalue weighted by Crippen LogP contribution is 2.33. The van der Waals surface area contributed by atoms with Gasteiger partial charge in [0.25, 0.3) is 0 Å². The first kappa shape index (κ1) is 19.9. The molecule has 0 amide bonds. The van der Waals surface area contributed by atoms with Gasteiger partial charge in [0.05, 0.1) is 14.2 Å². The Morgan fingerprint density at radius 2 is 1.75 bits per heavy atom. The minimum Gasteiger partial charge on any atom is -0.493 e. The third-order valence-corrected chi connectivity index (χ3v) is 4.95. The molecule has 28 heavy (non-hydrogen) atoms. The summed E-state index contributed by atoms with van der Waals surface area (Å²) in [7, 11) is 4.95. The van der Waals surface area contributed by atoms with Crippen LogP contribution in [-0.2, 0) is 19.4 Å². The number of guanidine groups is 1. The van der Waals surface area contributed by atoms with E-state index in [0.717, 1.165) is 24.3 Å². The summed E-state index contributed by atoms with van der Waals surface area (Å²) in [6.07, 6.45) is 1.09. The number of nitrogens with one attached hydrogen (secondary N) is 1. The second-order valence-electron chi connectivity index (χ2n) is 6.57. The summed E-state index contributed by atoms with van der Waals surface area (Å²) in [5.74, 6) is 1.08. The molecule has 1 aliphatic heterocycles. The molecule has 0 saturated heterocycles. The van der Waals surface area contributed by atoms with Crippen LogP contribution in [0.15, 0.2) is 35.3 Å². The number of rotatable bonds is 5. The number of halogens is 2. The highest BCUT2D eigenvalue weighted by atomic mass is 19.1. The summed E-state index contributed by atoms with van der Waals surface area (Å²) in [6.45, 7) is 1.85. The van der Waals surface area contributed by atoms with Gasteiger partial charge in [0.2, 0.25) is 0 Å². The fourth-order valence-electron chi connectivity index (χ4n) is 3.47. The minimum absolute atomic E-state index is 0.0891. The normalized spacial score (nSPS) is 13.9. The lowest BCUT2D eigenvalue weighted by Gasteiger charge is -2.32. The van der Waals surface area contributed by atoms with Gasteiger partial charge >= 0.3 is 0 Å². The Labute approximate surface area is 164 Å². The first-order valence-corrected chi connectivity index (χ1v) is 9.19. The van der Waals surface area contributed by atoms with Crippen molar-refractivity contribution in [2.24, 2.45) is 4.99 Å². The Morgan fingerprint density at radius 3 is 2.36 bits per heavy atom. The van der Waals surface area contributed by atoms with Crippen LogP contribution in [-0.4, -0.2) is 45.2 Å². The molecule has 1 heterocycles. The zero-order chi connectivity index (χ0) is 20.1. The number of hydrogen-bond donors (Lipinski definition) is 1. The number of benzene rings is 2. The number of aliphatic imine (C=N–C) groups is 1. The molecule has 0 radical (unpaired) electrons. The molecule has 0 aliphatic carbocycles. The first-order valence-electron chi connectivity index (χ1n) is 9.19. The summed E-state index contributed by atoms with van der Waals surface area (Å²) < 4.78 is 38.3. The van der Waals surface area contributed by atoms with Crippen LogP contribution in [0.2, 0.25) is 0 Å². The molecule has 7 heteroatoms. The number of hydrogen-bond acceptors (Lipinski definition) is 3. The standard InChI is InChI=1S/C21H25F2N3O2/c1-24-21(25-9-7-16-17(22)5-4-6-18(16)23)26-10-8-14-11-19(27-2)20(28-3)12-15(14)13-26/h4-6,11-12H,7-10,13H2,1-3H3,(H,24,25). The maximum atomic E-state index is 13.8. The summed E-state index contributed by atoms with van der Waals surface area (Å²) >= 11 is 0. The second-order valence-corrected chi connectivity index (χ2v) is 6.57. The Bertz CT molecular complexity index is 851. The molecular formula is C21H25F2N3O2. The quantitative estimate of drug-likeness (QED) is 0.630. The fraction of sp³-hybridized carbons (Fsp3) is 0.381. The van der Waals surface area contributed by atoms with Crippen molar-refractivity contribution in [3.05, 3.63) is 58.7 Å². The molecule has 0 spiro atoms. The minimum atomic E-state index is -0.523. The van der Waals surface area contributed by atoms with Crippen molar-refractivity contribution in [3.8, 4) is 11.5 Å². The third kappa shape index (κ3) is 4.18. The molecule has 1 N–H and O–H groups in total. The zero-order valence-electron chi connectivity index (χ0n) is 16.4. The van der Waals surface area contributed by atoms with E-state index >= 15 is 0 Å². The Morgan fingerprint density at radius 1 is 1.11 bits per heavy atom. The SMILES string of the molecule is CN=C(NCCc1c(F)cccc1F)N1CCc2cc(OC)c(OC)cc2C1. The maximum Gasteiger partial charge on any atom is 0.193 e. The van der Waals surface area contributed by atoms with Gasteiger partial charge in [-0.05, 0) is 48.2 Å². The van der Waals surface area contributed by atoms with E-state index in [0.29, 0.717) is 24.8 Å². The molecule has 2 aromatic rings. The average molecular weight is 389 g/mol. The van der Waals surface area contributed by atoms with Gasteiger partial charge in [-0.2, -0.15) is 0 Å². The van der Waals surface area contributed by atoms with Crippen LogP contribution in [0, 0.1) is 11.6 Å². The molecule has 3 rings (SSSR count). The highest BCUT2D eigenvalue weighted by Gasteiger charge is 2.21. The monoisotopic (exact) mass is 389 g/mol. The number of methoxy groups -OCH3 is 2. The Hall–Kier alpha value is -2.83. The second kappa shape index (κ2) is 8.91. The molecule has 0 saturated carbocycles. The van der Waals surface area contributed by atoms with Gasteiger partial charge in [-0.15, -0.1) is 0 Å². The summed E-state index contributed by atoms with van der Waals surface area (Å²) in [5.41, 5.74) is 2.45. The van der Waals surface area contributed by atoms with Crippen molar-refractivity contribution in [2.45, 2.75) is 19.4 Å². The van der Waals surface area contributed by atoms with Gasteiger partial charge in [0.1, 0.15) is 11.6 Å². The van der Waals surface area contributed by atoms with Crippen molar-refractivity contribution >= 4 is 5.96 Å². The number of nitrogens with zero attached hydrogens (tertiary/aromatic N) is 2. The average Bonchev–Trinajstić information content (AvgIpc) is 2.71. The van der Waals surface area contributed by atoms with E-state index in [-0.39, 0.29) is 12.0 Å². The van der Waals surface area contributed by atoms with Crippen LogP contribution < -0.4 is 14.8 Å². The molecular weight excluding hydrogens is 364 g/mol. The van der Waals surface area contributed by atoms with E-state index in [1.165, 1.54) is 23.8 Å². The van der Waals surface area contributed by atoms with Crippen LogP contribution in [0.1, 0.15) is 16.7 Å². The lowest BCUT2D eigenvalue weighted by atomic mass is 9.99. The Kier molecular flexibility index (Phi) is 6.34. The maximum absolute atomic E-state index is 13.8. The van der Waals surface area contributed by atoms with E-state index in [1.54, 1.807) is 21.3 Å². The summed E-state index contributed by atoms with van der Waals surface area (Å²) in [4.78, 5) is 6.44. The van der Waals surface area contributed by atoms with Gasteiger partial charge in [0.15, 0.2) is 17.5 Å². The zero-order valence-corrected chi connectivity index (χ0v) is 16.4. The van der Waals surface area contributed by atoms with Gasteiger partial charge < -0.3 is 19.7 Å². The molecule has 0 unspecified atom stereocenters. The number of fused-ring (bicyclic) bond motifs is 1. The van der Waals surface area contributed by atoms with Gasteiger partial charge in [0, 0.05) is 32.2 Å². The molecule has 2 aromatic carbocycles. The summed E-state index contributed by atoms with van der Waals surface area (Å²) in [6, 6.07) is 7.92. The van der Waals surface area contributed by atoms with Crippen molar-refractivity contribution in [1.29, 1.82) is 0 Å². The van der Waals surface area contributed by atoms with Gasteiger partial charge in [-0.25, -0.2) is 8.78 Å². The molecule has 0 aromatic heterocycles. The third-order valence-electron chi connectivity index (χ3n) is 4.95. The highest BCUT2D eigenvalue weighted by molar-refractivity contribution is 5.80. The first-order chi connectivity index (χ1) is 13.6. The fourth-order valence-corrected chi connectivity index (χ4v) is 3.47. The molecule has 1 aliphatic rings. The lowest BCUT2D eigenvalue weighted by molar-refractivity contribution is 0.346. The Balaban J connectivity index is 1.66. The van der Waals surface area contributed by atoms with E-state index in [4.69, 9.17) is 9.47 Å². The van der Waals surface area contributed by atoms with Crippen LogP contribution >= 0.6 is 0 Å². The topological polar surface area (TPSA) is 46.1 Å². The van der Waals surface area contributed by atoms with Crippen molar-refractivity contribution in [2.75, 3.05) is 34.4 Å². The molecule has 0 bridgehead atoms. The van der Waals surface area contributed by atoms with E-state index in [2.05, 4.69) is 15.2 Å². The molecule has 150 valence electrons. The van der Waals surface area contributed by atoms with E-state index < -0.39 is 11.6 Å². The van der Waals surface area contributed by atoms with Crippen molar-refractivity contribution in [3.63, 3.8) is 0 Å². The molecule has 0 fully saturated rings.